The third kappa shape index (κ3) is 1.81. The largest absolute Gasteiger partial charge is 0.477 e. The molecule has 0 saturated heterocycles. The summed E-state index contributed by atoms with van der Waals surface area (Å²) in [5, 5.41) is 9.31. The van der Waals surface area contributed by atoms with Gasteiger partial charge in [-0.3, -0.25) is 4.79 Å². The molecule has 0 atom stereocenters. The molecule has 4 nitrogen and oxygen atoms in total. The van der Waals surface area contributed by atoms with Crippen LogP contribution >= 0.6 is 11.8 Å². The Morgan fingerprint density at radius 2 is 2.12 bits per heavy atom. The molecule has 82 valence electrons. The number of benzene rings is 1. The van der Waals surface area contributed by atoms with E-state index in [9.17, 15) is 9.59 Å². The molecule has 0 unspecified atom stereocenters. The van der Waals surface area contributed by atoms with Crippen molar-refractivity contribution >= 4 is 28.6 Å². The van der Waals surface area contributed by atoms with Gasteiger partial charge >= 0.3 is 5.97 Å². The molecule has 0 aliphatic heterocycles. The third-order valence-electron chi connectivity index (χ3n) is 2.27. The van der Waals surface area contributed by atoms with E-state index in [2.05, 4.69) is 4.98 Å². The molecule has 0 aliphatic rings. The number of H-pyrrole nitrogens is 1. The summed E-state index contributed by atoms with van der Waals surface area (Å²) in [6, 6.07) is 6.42. The maximum absolute atomic E-state index is 11.7. The summed E-state index contributed by atoms with van der Waals surface area (Å²) < 4.78 is 0. The van der Waals surface area contributed by atoms with Crippen molar-refractivity contribution in [2.75, 3.05) is 6.26 Å². The van der Waals surface area contributed by atoms with Gasteiger partial charge in [0.15, 0.2) is 5.43 Å². The number of hydrogen-bond acceptors (Lipinski definition) is 3. The van der Waals surface area contributed by atoms with E-state index in [4.69, 9.17) is 5.11 Å². The molecule has 0 bridgehead atoms. The normalized spacial score (nSPS) is 10.6. The van der Waals surface area contributed by atoms with Gasteiger partial charge in [0.1, 0.15) is 5.69 Å². The zero-order valence-corrected chi connectivity index (χ0v) is 9.30. The van der Waals surface area contributed by atoms with Crippen molar-refractivity contribution in [3.05, 3.63) is 40.2 Å². The number of carboxylic acid groups (broad SMARTS) is 1. The Morgan fingerprint density at radius 1 is 1.38 bits per heavy atom. The van der Waals surface area contributed by atoms with Crippen molar-refractivity contribution in [2.45, 2.75) is 4.90 Å². The first-order valence-electron chi connectivity index (χ1n) is 4.56. The van der Waals surface area contributed by atoms with E-state index in [-0.39, 0.29) is 11.1 Å². The molecular formula is C11H9NO3S. The van der Waals surface area contributed by atoms with E-state index in [1.165, 1.54) is 11.8 Å². The lowest BCUT2D eigenvalue weighted by Crippen LogP contribution is -2.09. The second kappa shape index (κ2) is 4.02. The second-order valence-corrected chi connectivity index (χ2v) is 4.14. The van der Waals surface area contributed by atoms with Crippen molar-refractivity contribution in [2.24, 2.45) is 0 Å². The molecule has 0 saturated carbocycles. The summed E-state index contributed by atoms with van der Waals surface area (Å²) in [5.74, 6) is -1.13. The van der Waals surface area contributed by atoms with Crippen LogP contribution in [0.3, 0.4) is 0 Å². The van der Waals surface area contributed by atoms with Gasteiger partial charge in [-0.05, 0) is 24.5 Å². The van der Waals surface area contributed by atoms with Crippen molar-refractivity contribution < 1.29 is 9.90 Å². The molecule has 0 spiro atoms. The molecule has 5 heteroatoms. The number of fused-ring (bicyclic) bond motifs is 1. The van der Waals surface area contributed by atoms with E-state index in [0.29, 0.717) is 10.9 Å². The van der Waals surface area contributed by atoms with Gasteiger partial charge in [0.2, 0.25) is 0 Å². The quantitative estimate of drug-likeness (QED) is 0.780. The Balaban J connectivity index is 2.76. The zero-order valence-electron chi connectivity index (χ0n) is 8.48. The number of nitrogens with one attached hydrogen (secondary N) is 1. The Morgan fingerprint density at radius 3 is 2.75 bits per heavy atom. The first-order valence-corrected chi connectivity index (χ1v) is 5.78. The number of aromatic amines is 1. The van der Waals surface area contributed by atoms with Gasteiger partial charge in [-0.2, -0.15) is 0 Å². The molecule has 2 N–H and O–H groups in total. The predicted molar refractivity (Wildman–Crippen MR) is 63.3 cm³/mol. The molecule has 0 fully saturated rings. The monoisotopic (exact) mass is 235 g/mol. The fourth-order valence-electron chi connectivity index (χ4n) is 1.47. The number of aromatic nitrogens is 1. The topological polar surface area (TPSA) is 70.2 Å². The highest BCUT2D eigenvalue weighted by Crippen LogP contribution is 2.18. The summed E-state index contributed by atoms with van der Waals surface area (Å²) in [6.45, 7) is 0. The van der Waals surface area contributed by atoms with Gasteiger partial charge in [0.25, 0.3) is 0 Å². The Labute approximate surface area is 95.3 Å². The van der Waals surface area contributed by atoms with Crippen molar-refractivity contribution in [3.63, 3.8) is 0 Å². The first-order chi connectivity index (χ1) is 7.61. The highest BCUT2D eigenvalue weighted by molar-refractivity contribution is 7.98. The molecular weight excluding hydrogens is 226 g/mol. The summed E-state index contributed by atoms with van der Waals surface area (Å²) in [4.78, 5) is 26.1. The summed E-state index contributed by atoms with van der Waals surface area (Å²) in [5.41, 5.74) is 0.180. The van der Waals surface area contributed by atoms with E-state index in [1.807, 2.05) is 12.3 Å². The number of rotatable bonds is 2. The van der Waals surface area contributed by atoms with E-state index < -0.39 is 5.97 Å². The standard InChI is InChI=1S/C11H9NO3S/c1-16-6-2-3-8-7(4-6)10(13)5-9(12-8)11(14)15/h2-5H,1H3,(H,12,13)(H,14,15). The summed E-state index contributed by atoms with van der Waals surface area (Å²) in [6.07, 6.45) is 1.92. The van der Waals surface area contributed by atoms with Crippen LogP contribution in [0.4, 0.5) is 0 Å². The highest BCUT2D eigenvalue weighted by atomic mass is 32.2. The number of aromatic carboxylic acids is 1. The third-order valence-corrected chi connectivity index (χ3v) is 2.99. The maximum atomic E-state index is 11.7. The molecule has 0 radical (unpaired) electrons. The SMILES string of the molecule is CSc1ccc2[nH]c(C(=O)O)cc(=O)c2c1. The van der Waals surface area contributed by atoms with Gasteiger partial charge in [0, 0.05) is 21.9 Å². The predicted octanol–water partition coefficient (Wildman–Crippen LogP) is 1.95. The fourth-order valence-corrected chi connectivity index (χ4v) is 1.91. The first kappa shape index (κ1) is 10.8. The molecule has 2 rings (SSSR count). The number of carboxylic acids is 1. The smallest absolute Gasteiger partial charge is 0.352 e. The summed E-state index contributed by atoms with van der Waals surface area (Å²) >= 11 is 1.53. The summed E-state index contributed by atoms with van der Waals surface area (Å²) in [7, 11) is 0. The minimum absolute atomic E-state index is 0.0885. The van der Waals surface area contributed by atoms with Crippen LogP contribution in [0, 0.1) is 0 Å². The van der Waals surface area contributed by atoms with Crippen molar-refractivity contribution in [1.82, 2.24) is 4.98 Å². The molecule has 2 aromatic rings. The molecule has 16 heavy (non-hydrogen) atoms. The lowest BCUT2D eigenvalue weighted by atomic mass is 10.2. The van der Waals surface area contributed by atoms with Crippen LogP contribution in [0.5, 0.6) is 0 Å². The minimum atomic E-state index is -1.13. The minimum Gasteiger partial charge on any atom is -0.477 e. The van der Waals surface area contributed by atoms with Gasteiger partial charge < -0.3 is 10.1 Å². The van der Waals surface area contributed by atoms with Gasteiger partial charge in [-0.1, -0.05) is 0 Å². The van der Waals surface area contributed by atoms with Gasteiger partial charge in [-0.25, -0.2) is 4.79 Å². The van der Waals surface area contributed by atoms with Crippen molar-refractivity contribution in [3.8, 4) is 0 Å². The van der Waals surface area contributed by atoms with Crippen LogP contribution < -0.4 is 5.43 Å². The average molecular weight is 235 g/mol. The van der Waals surface area contributed by atoms with Crippen LogP contribution in [0.25, 0.3) is 10.9 Å². The van der Waals surface area contributed by atoms with E-state index in [0.717, 1.165) is 11.0 Å². The number of pyridine rings is 1. The maximum Gasteiger partial charge on any atom is 0.352 e. The molecule has 1 aromatic heterocycles. The van der Waals surface area contributed by atoms with Crippen molar-refractivity contribution in [1.29, 1.82) is 0 Å². The van der Waals surface area contributed by atoms with Crippen LogP contribution in [0.15, 0.2) is 34.0 Å². The number of carbonyl (C=O) groups is 1. The molecule has 0 amide bonds. The average Bonchev–Trinajstić information content (AvgIpc) is 2.28. The van der Waals surface area contributed by atoms with Gasteiger partial charge in [0.05, 0.1) is 0 Å². The fraction of sp³-hybridized carbons (Fsp3) is 0.0909. The van der Waals surface area contributed by atoms with Gasteiger partial charge in [-0.15, -0.1) is 11.8 Å². The van der Waals surface area contributed by atoms with E-state index in [1.54, 1.807) is 12.1 Å². The Bertz CT molecular complexity index is 618. The highest BCUT2D eigenvalue weighted by Gasteiger charge is 2.07. The molecule has 1 heterocycles. The lowest BCUT2D eigenvalue weighted by molar-refractivity contribution is 0.0691. The number of thioether (sulfide) groups is 1. The Kier molecular flexibility index (Phi) is 2.70. The van der Waals surface area contributed by atoms with Crippen LogP contribution in [-0.2, 0) is 0 Å². The van der Waals surface area contributed by atoms with E-state index >= 15 is 0 Å². The van der Waals surface area contributed by atoms with Crippen LogP contribution in [0.2, 0.25) is 0 Å². The van der Waals surface area contributed by atoms with Crippen LogP contribution in [0.1, 0.15) is 10.5 Å². The molecule has 0 aliphatic carbocycles. The molecule has 1 aromatic carbocycles. The lowest BCUT2D eigenvalue weighted by Gasteiger charge is -2.02. The number of hydrogen-bond donors (Lipinski definition) is 2. The second-order valence-electron chi connectivity index (χ2n) is 3.26. The Hall–Kier alpha value is -1.75. The zero-order chi connectivity index (χ0) is 11.7. The van der Waals surface area contributed by atoms with Crippen LogP contribution in [-0.4, -0.2) is 22.3 Å².